The molecule has 106 valence electrons. The van der Waals surface area contributed by atoms with Gasteiger partial charge in [-0.2, -0.15) is 0 Å². The van der Waals surface area contributed by atoms with Crippen LogP contribution in [0, 0.1) is 10.1 Å². The van der Waals surface area contributed by atoms with Gasteiger partial charge in [-0.05, 0) is 17.7 Å². The molecule has 21 heavy (non-hydrogen) atoms. The van der Waals surface area contributed by atoms with Gasteiger partial charge in [0.05, 0.1) is 23.6 Å². The number of hydrogen-bond acceptors (Lipinski definition) is 6. The van der Waals surface area contributed by atoms with E-state index in [9.17, 15) is 14.9 Å². The SMILES string of the molecule is O=C1Cc2cc([N+](=O)[O-])c(NCc3ccncn3)cc2N1. The zero-order valence-electron chi connectivity index (χ0n) is 10.9. The van der Waals surface area contributed by atoms with Crippen LogP contribution < -0.4 is 10.6 Å². The Kier molecular flexibility index (Phi) is 3.19. The summed E-state index contributed by atoms with van der Waals surface area (Å²) in [5, 5.41) is 16.8. The van der Waals surface area contributed by atoms with Gasteiger partial charge < -0.3 is 10.6 Å². The van der Waals surface area contributed by atoms with Crippen LogP contribution in [0.25, 0.3) is 0 Å². The highest BCUT2D eigenvalue weighted by Crippen LogP contribution is 2.34. The van der Waals surface area contributed by atoms with E-state index in [0.29, 0.717) is 29.2 Å². The number of aromatic nitrogens is 2. The van der Waals surface area contributed by atoms with E-state index in [-0.39, 0.29) is 18.0 Å². The zero-order chi connectivity index (χ0) is 14.8. The van der Waals surface area contributed by atoms with Crippen LogP contribution in [0.3, 0.4) is 0 Å². The van der Waals surface area contributed by atoms with E-state index in [4.69, 9.17) is 0 Å². The first-order valence-corrected chi connectivity index (χ1v) is 6.23. The number of amides is 1. The van der Waals surface area contributed by atoms with E-state index in [1.54, 1.807) is 18.3 Å². The van der Waals surface area contributed by atoms with Gasteiger partial charge in [0, 0.05) is 18.0 Å². The number of nitrogens with one attached hydrogen (secondary N) is 2. The Labute approximate surface area is 119 Å². The average molecular weight is 285 g/mol. The van der Waals surface area contributed by atoms with Crippen molar-refractivity contribution < 1.29 is 9.72 Å². The summed E-state index contributed by atoms with van der Waals surface area (Å²) in [5.74, 6) is -0.160. The van der Waals surface area contributed by atoms with E-state index < -0.39 is 4.92 Å². The van der Waals surface area contributed by atoms with Crippen LogP contribution >= 0.6 is 0 Å². The molecular weight excluding hydrogens is 274 g/mol. The molecule has 3 rings (SSSR count). The molecule has 0 atom stereocenters. The molecule has 0 saturated heterocycles. The molecule has 2 heterocycles. The van der Waals surface area contributed by atoms with Crippen LogP contribution in [0.15, 0.2) is 30.7 Å². The first-order chi connectivity index (χ1) is 10.1. The number of carbonyl (C=O) groups is 1. The van der Waals surface area contributed by atoms with Crippen molar-refractivity contribution in [1.29, 1.82) is 0 Å². The molecular formula is C13H11N5O3. The second-order valence-corrected chi connectivity index (χ2v) is 4.56. The fraction of sp³-hybridized carbons (Fsp3) is 0.154. The number of carbonyl (C=O) groups excluding carboxylic acids is 1. The van der Waals surface area contributed by atoms with E-state index in [1.165, 1.54) is 12.4 Å². The third-order valence-corrected chi connectivity index (χ3v) is 3.15. The van der Waals surface area contributed by atoms with Gasteiger partial charge in [-0.15, -0.1) is 0 Å². The minimum absolute atomic E-state index is 0.0562. The Morgan fingerprint density at radius 3 is 3.00 bits per heavy atom. The molecule has 1 aliphatic heterocycles. The summed E-state index contributed by atoms with van der Waals surface area (Å²) >= 11 is 0. The van der Waals surface area contributed by atoms with Gasteiger partial charge in [0.25, 0.3) is 5.69 Å². The maximum atomic E-state index is 11.4. The van der Waals surface area contributed by atoms with Gasteiger partial charge in [0.2, 0.25) is 5.91 Å². The summed E-state index contributed by atoms with van der Waals surface area (Å²) < 4.78 is 0. The first-order valence-electron chi connectivity index (χ1n) is 6.23. The predicted octanol–water partition coefficient (Wildman–Crippen LogP) is 1.49. The number of nitro benzene ring substituents is 1. The molecule has 0 radical (unpaired) electrons. The average Bonchev–Trinajstić information content (AvgIpc) is 2.84. The summed E-state index contributed by atoms with van der Waals surface area (Å²) in [6, 6.07) is 4.73. The van der Waals surface area contributed by atoms with Crippen molar-refractivity contribution >= 4 is 23.0 Å². The topological polar surface area (TPSA) is 110 Å². The Morgan fingerprint density at radius 1 is 1.43 bits per heavy atom. The van der Waals surface area contributed by atoms with Crippen molar-refractivity contribution in [2.45, 2.75) is 13.0 Å². The van der Waals surface area contributed by atoms with Crippen LogP contribution in [0.1, 0.15) is 11.3 Å². The second-order valence-electron chi connectivity index (χ2n) is 4.56. The summed E-state index contributed by atoms with van der Waals surface area (Å²) in [4.78, 5) is 29.9. The van der Waals surface area contributed by atoms with Crippen molar-refractivity contribution in [2.75, 3.05) is 10.6 Å². The van der Waals surface area contributed by atoms with Crippen LogP contribution in [-0.4, -0.2) is 20.8 Å². The number of rotatable bonds is 4. The van der Waals surface area contributed by atoms with Crippen LogP contribution in [0.4, 0.5) is 17.1 Å². The molecule has 0 spiro atoms. The quantitative estimate of drug-likeness (QED) is 0.650. The number of hydrogen-bond donors (Lipinski definition) is 2. The molecule has 8 nitrogen and oxygen atoms in total. The maximum Gasteiger partial charge on any atom is 0.292 e. The van der Waals surface area contributed by atoms with Crippen LogP contribution in [0.2, 0.25) is 0 Å². The first kappa shape index (κ1) is 13.0. The molecule has 0 saturated carbocycles. The predicted molar refractivity (Wildman–Crippen MR) is 74.8 cm³/mol. The lowest BCUT2D eigenvalue weighted by atomic mass is 10.1. The van der Waals surface area contributed by atoms with Crippen molar-refractivity contribution in [3.63, 3.8) is 0 Å². The lowest BCUT2D eigenvalue weighted by Crippen LogP contribution is -2.05. The Bertz CT molecular complexity index is 717. The zero-order valence-corrected chi connectivity index (χ0v) is 10.9. The monoisotopic (exact) mass is 285 g/mol. The van der Waals surface area contributed by atoms with Crippen molar-refractivity contribution in [2.24, 2.45) is 0 Å². The summed E-state index contributed by atoms with van der Waals surface area (Å²) in [6.45, 7) is 0.329. The molecule has 2 N–H and O–H groups in total. The van der Waals surface area contributed by atoms with Gasteiger partial charge in [-0.1, -0.05) is 0 Å². The molecule has 1 amide bonds. The van der Waals surface area contributed by atoms with Gasteiger partial charge in [-0.25, -0.2) is 9.97 Å². The van der Waals surface area contributed by atoms with Crippen LogP contribution in [0.5, 0.6) is 0 Å². The molecule has 1 aromatic heterocycles. The number of nitro groups is 1. The minimum Gasteiger partial charge on any atom is -0.374 e. The van der Waals surface area contributed by atoms with Crippen LogP contribution in [-0.2, 0) is 17.8 Å². The Morgan fingerprint density at radius 2 is 2.29 bits per heavy atom. The lowest BCUT2D eigenvalue weighted by molar-refractivity contribution is -0.384. The van der Waals surface area contributed by atoms with Gasteiger partial charge >= 0.3 is 0 Å². The molecule has 0 bridgehead atoms. The molecule has 0 aliphatic carbocycles. The molecule has 1 aliphatic rings. The second kappa shape index (κ2) is 5.16. The summed E-state index contributed by atoms with van der Waals surface area (Å²) in [6.07, 6.45) is 3.18. The smallest absolute Gasteiger partial charge is 0.292 e. The van der Waals surface area contributed by atoms with Gasteiger partial charge in [0.15, 0.2) is 0 Å². The number of nitrogens with zero attached hydrogens (tertiary/aromatic N) is 3. The Balaban J connectivity index is 1.88. The van der Waals surface area contributed by atoms with Crippen molar-refractivity contribution in [1.82, 2.24) is 9.97 Å². The number of fused-ring (bicyclic) bond motifs is 1. The maximum absolute atomic E-state index is 11.4. The molecule has 1 aromatic carbocycles. The highest BCUT2D eigenvalue weighted by atomic mass is 16.6. The number of benzene rings is 1. The number of anilines is 2. The Hall–Kier alpha value is -3.03. The van der Waals surface area contributed by atoms with Crippen molar-refractivity contribution in [3.8, 4) is 0 Å². The van der Waals surface area contributed by atoms with E-state index in [0.717, 1.165) is 0 Å². The van der Waals surface area contributed by atoms with Gasteiger partial charge in [0.1, 0.15) is 12.0 Å². The largest absolute Gasteiger partial charge is 0.374 e. The minimum atomic E-state index is -0.467. The summed E-state index contributed by atoms with van der Waals surface area (Å²) in [7, 11) is 0. The molecule has 8 heteroatoms. The van der Waals surface area contributed by atoms with E-state index in [2.05, 4.69) is 20.6 Å². The van der Waals surface area contributed by atoms with Crippen molar-refractivity contribution in [3.05, 3.63) is 52.1 Å². The fourth-order valence-corrected chi connectivity index (χ4v) is 2.16. The fourth-order valence-electron chi connectivity index (χ4n) is 2.16. The lowest BCUT2D eigenvalue weighted by Gasteiger charge is -2.08. The summed E-state index contributed by atoms with van der Waals surface area (Å²) in [5.41, 5.74) is 2.25. The van der Waals surface area contributed by atoms with E-state index in [1.807, 2.05) is 0 Å². The molecule has 0 fully saturated rings. The third-order valence-electron chi connectivity index (χ3n) is 3.15. The molecule has 2 aromatic rings. The van der Waals surface area contributed by atoms with Gasteiger partial charge in [-0.3, -0.25) is 14.9 Å². The van der Waals surface area contributed by atoms with E-state index >= 15 is 0 Å². The normalized spacial score (nSPS) is 12.7. The molecule has 0 unspecified atom stereocenters. The third kappa shape index (κ3) is 2.64. The highest BCUT2D eigenvalue weighted by molar-refractivity contribution is 6.00. The highest BCUT2D eigenvalue weighted by Gasteiger charge is 2.24. The standard InChI is InChI=1S/C13H11N5O3/c19-13-4-8-3-12(18(20)21)11(5-10(8)17-13)15-6-9-1-2-14-7-16-9/h1-3,5,7,15H,4,6H2,(H,17,19).